The predicted octanol–water partition coefficient (Wildman–Crippen LogP) is 2.29. The van der Waals surface area contributed by atoms with Crippen LogP contribution in [0.2, 0.25) is 0 Å². The van der Waals surface area contributed by atoms with Gasteiger partial charge in [-0.3, -0.25) is 4.79 Å². The predicted molar refractivity (Wildman–Crippen MR) is 90.9 cm³/mol. The summed E-state index contributed by atoms with van der Waals surface area (Å²) in [7, 11) is -3.71. The Balaban J connectivity index is 2.17. The van der Waals surface area contributed by atoms with E-state index in [0.717, 1.165) is 30.4 Å². The highest BCUT2D eigenvalue weighted by Gasteiger charge is 2.27. The molecule has 0 aromatic heterocycles. The summed E-state index contributed by atoms with van der Waals surface area (Å²) >= 11 is 0. The Labute approximate surface area is 139 Å². The van der Waals surface area contributed by atoms with E-state index in [1.54, 1.807) is 24.8 Å². The second kappa shape index (κ2) is 7.01. The van der Waals surface area contributed by atoms with E-state index in [0.29, 0.717) is 18.7 Å². The van der Waals surface area contributed by atoms with Crippen LogP contribution < -0.4 is 4.72 Å². The van der Waals surface area contributed by atoms with Crippen molar-refractivity contribution in [3.8, 4) is 0 Å². The number of carbonyl (C=O) groups is 1. The van der Waals surface area contributed by atoms with Gasteiger partial charge in [0.25, 0.3) is 0 Å². The van der Waals surface area contributed by atoms with Gasteiger partial charge in [-0.15, -0.1) is 0 Å². The number of nitrogens with zero attached hydrogens (tertiary/aromatic N) is 1. The van der Waals surface area contributed by atoms with E-state index >= 15 is 0 Å². The van der Waals surface area contributed by atoms with Gasteiger partial charge in [-0.25, -0.2) is 8.42 Å². The van der Waals surface area contributed by atoms with Crippen molar-refractivity contribution >= 4 is 15.9 Å². The van der Waals surface area contributed by atoms with E-state index in [4.69, 9.17) is 0 Å². The molecule has 5 nitrogen and oxygen atoms in total. The molecule has 0 aliphatic carbocycles. The number of nitrogens with one attached hydrogen (secondary N) is 1. The molecule has 6 heteroatoms. The Bertz CT molecular complexity index is 692. The van der Waals surface area contributed by atoms with Crippen LogP contribution in [0.15, 0.2) is 17.0 Å². The van der Waals surface area contributed by atoms with Crippen LogP contribution in [0.4, 0.5) is 0 Å². The number of hydrogen-bond donors (Lipinski definition) is 1. The van der Waals surface area contributed by atoms with Gasteiger partial charge in [0.15, 0.2) is 0 Å². The molecular formula is C17H26N2O3S. The first-order chi connectivity index (χ1) is 10.7. The molecule has 1 aliphatic rings. The Morgan fingerprint density at radius 3 is 2.22 bits per heavy atom. The minimum absolute atomic E-state index is 0.144. The zero-order valence-corrected chi connectivity index (χ0v) is 15.2. The first-order valence-corrected chi connectivity index (χ1v) is 9.59. The Hall–Kier alpha value is -1.40. The summed E-state index contributed by atoms with van der Waals surface area (Å²) in [6, 6.07) is 2.78. The topological polar surface area (TPSA) is 66.5 Å². The van der Waals surface area contributed by atoms with E-state index in [2.05, 4.69) is 4.72 Å². The van der Waals surface area contributed by atoms with Gasteiger partial charge in [0.2, 0.25) is 15.9 Å². The van der Waals surface area contributed by atoms with Gasteiger partial charge in [-0.2, -0.15) is 4.72 Å². The van der Waals surface area contributed by atoms with Crippen molar-refractivity contribution in [3.05, 3.63) is 28.8 Å². The number of benzene rings is 1. The molecule has 1 fully saturated rings. The van der Waals surface area contributed by atoms with E-state index in [9.17, 15) is 13.2 Å². The molecule has 1 aromatic rings. The third-order valence-corrected chi connectivity index (χ3v) is 6.13. The molecule has 128 valence electrons. The fourth-order valence-corrected chi connectivity index (χ4v) is 4.47. The van der Waals surface area contributed by atoms with Crippen LogP contribution >= 0.6 is 0 Å². The third-order valence-electron chi connectivity index (χ3n) is 4.45. The van der Waals surface area contributed by atoms with E-state index in [1.165, 1.54) is 0 Å². The summed E-state index contributed by atoms with van der Waals surface area (Å²) < 4.78 is 27.8. The molecule has 1 saturated heterocycles. The van der Waals surface area contributed by atoms with Crippen LogP contribution in [0, 0.1) is 20.8 Å². The van der Waals surface area contributed by atoms with Crippen molar-refractivity contribution in [3.63, 3.8) is 0 Å². The Morgan fingerprint density at radius 2 is 1.61 bits per heavy atom. The van der Waals surface area contributed by atoms with Crippen LogP contribution in [0.5, 0.6) is 0 Å². The van der Waals surface area contributed by atoms with Crippen molar-refractivity contribution < 1.29 is 13.2 Å². The van der Waals surface area contributed by atoms with E-state index in [-0.39, 0.29) is 10.8 Å². The number of likely N-dealkylation sites (tertiary alicyclic amines) is 1. The molecule has 0 spiro atoms. The summed E-state index contributed by atoms with van der Waals surface area (Å²) in [4.78, 5) is 14.4. The molecule has 23 heavy (non-hydrogen) atoms. The fraction of sp³-hybridized carbons (Fsp3) is 0.588. The summed E-state index contributed by atoms with van der Waals surface area (Å²) in [6.07, 6.45) is 3.11. The second-order valence-electron chi connectivity index (χ2n) is 6.43. The second-order valence-corrected chi connectivity index (χ2v) is 8.11. The smallest absolute Gasteiger partial charge is 0.241 e. The molecule has 1 amide bonds. The molecule has 0 bridgehead atoms. The summed E-state index contributed by atoms with van der Waals surface area (Å²) in [5.41, 5.74) is 2.67. The zero-order chi connectivity index (χ0) is 17.2. The van der Waals surface area contributed by atoms with Gasteiger partial charge >= 0.3 is 0 Å². The van der Waals surface area contributed by atoms with Crippen LogP contribution in [0.1, 0.15) is 42.9 Å². The largest absolute Gasteiger partial charge is 0.341 e. The van der Waals surface area contributed by atoms with Gasteiger partial charge in [0.1, 0.15) is 0 Å². The van der Waals surface area contributed by atoms with E-state index in [1.807, 2.05) is 19.9 Å². The summed E-state index contributed by atoms with van der Waals surface area (Å²) in [5.74, 6) is -0.144. The maximum atomic E-state index is 12.6. The lowest BCUT2D eigenvalue weighted by molar-refractivity contribution is -0.133. The van der Waals surface area contributed by atoms with Gasteiger partial charge in [-0.05, 0) is 69.7 Å². The first-order valence-electron chi connectivity index (χ1n) is 8.11. The van der Waals surface area contributed by atoms with Crippen LogP contribution in [-0.2, 0) is 14.8 Å². The number of carbonyl (C=O) groups excluding carboxylic acids is 1. The molecule has 0 radical (unpaired) electrons. The third kappa shape index (κ3) is 4.12. The molecule has 1 aromatic carbocycles. The molecule has 1 heterocycles. The fourth-order valence-electron chi connectivity index (χ4n) is 2.96. The van der Waals surface area contributed by atoms with Crippen molar-refractivity contribution in [1.82, 2.24) is 9.62 Å². The van der Waals surface area contributed by atoms with Gasteiger partial charge in [0.05, 0.1) is 10.9 Å². The molecule has 1 N–H and O–H groups in total. The normalized spacial score (nSPS) is 17.1. The highest BCUT2D eigenvalue weighted by Crippen LogP contribution is 2.20. The lowest BCUT2D eigenvalue weighted by Gasteiger charge is -2.29. The minimum atomic E-state index is -3.71. The van der Waals surface area contributed by atoms with Gasteiger partial charge in [-0.1, -0.05) is 6.07 Å². The lowest BCUT2D eigenvalue weighted by atomic mass is 10.1. The van der Waals surface area contributed by atoms with E-state index < -0.39 is 16.1 Å². The van der Waals surface area contributed by atoms with Crippen molar-refractivity contribution in [2.24, 2.45) is 0 Å². The standard InChI is InChI=1S/C17H26N2O3S/c1-12-10-14(3)16(11-13(12)2)23(21,22)18-15(4)17(20)19-8-6-5-7-9-19/h10-11,15,18H,5-9H2,1-4H3. The Kier molecular flexibility index (Phi) is 5.47. The number of amides is 1. The van der Waals surface area contributed by atoms with Crippen LogP contribution in [0.25, 0.3) is 0 Å². The highest BCUT2D eigenvalue weighted by atomic mass is 32.2. The van der Waals surface area contributed by atoms with Crippen LogP contribution in [0.3, 0.4) is 0 Å². The van der Waals surface area contributed by atoms with Gasteiger partial charge < -0.3 is 4.90 Å². The minimum Gasteiger partial charge on any atom is -0.341 e. The number of piperidine rings is 1. The monoisotopic (exact) mass is 338 g/mol. The summed E-state index contributed by atoms with van der Waals surface area (Å²) in [5, 5.41) is 0. The first kappa shape index (κ1) is 17.9. The molecular weight excluding hydrogens is 312 g/mol. The number of sulfonamides is 1. The highest BCUT2D eigenvalue weighted by molar-refractivity contribution is 7.89. The Morgan fingerprint density at radius 1 is 1.04 bits per heavy atom. The SMILES string of the molecule is Cc1cc(C)c(S(=O)(=O)NC(C)C(=O)N2CCCCC2)cc1C. The molecule has 1 atom stereocenters. The van der Waals surface area contributed by atoms with Crippen molar-refractivity contribution in [2.45, 2.75) is 57.9 Å². The lowest BCUT2D eigenvalue weighted by Crippen LogP contribution is -2.48. The number of aryl methyl sites for hydroxylation is 3. The van der Waals surface area contributed by atoms with Crippen molar-refractivity contribution in [1.29, 1.82) is 0 Å². The summed E-state index contributed by atoms with van der Waals surface area (Å²) in [6.45, 7) is 8.66. The molecule has 2 rings (SSSR count). The van der Waals surface area contributed by atoms with Gasteiger partial charge in [0, 0.05) is 13.1 Å². The molecule has 0 saturated carbocycles. The number of hydrogen-bond acceptors (Lipinski definition) is 3. The molecule has 1 unspecified atom stereocenters. The van der Waals surface area contributed by atoms with Crippen molar-refractivity contribution in [2.75, 3.05) is 13.1 Å². The molecule has 1 aliphatic heterocycles. The average Bonchev–Trinajstić information content (AvgIpc) is 2.50. The maximum absolute atomic E-state index is 12.6. The zero-order valence-electron chi connectivity index (χ0n) is 14.3. The van der Waals surface area contributed by atoms with Crippen LogP contribution in [-0.4, -0.2) is 38.4 Å². The quantitative estimate of drug-likeness (QED) is 0.916. The number of rotatable bonds is 4. The maximum Gasteiger partial charge on any atom is 0.241 e. The average molecular weight is 338 g/mol.